The van der Waals surface area contributed by atoms with Crippen molar-refractivity contribution in [3.8, 4) is 11.3 Å². The number of benzene rings is 1. The molecule has 2 aliphatic rings. The highest BCUT2D eigenvalue weighted by Crippen LogP contribution is 2.35. The Hall–Kier alpha value is -3.54. The Morgan fingerprint density at radius 3 is 2.63 bits per heavy atom. The van der Waals surface area contributed by atoms with Crippen molar-refractivity contribution in [2.45, 2.75) is 25.4 Å². The number of halogens is 2. The molecule has 6 rings (SSSR count). The molecule has 1 fully saturated rings. The van der Waals surface area contributed by atoms with Gasteiger partial charge in [0.2, 0.25) is 5.95 Å². The van der Waals surface area contributed by atoms with E-state index in [0.29, 0.717) is 23.5 Å². The standard InChI is InChI=1S/C27H30F2N8O/c1-35-7-9-36(10-8-35)15-17-3-5-23(30-13-17)32-27-31-14-21(29)25(34-27)18-11-20(28)26-22(12-18)37-19(16-38-2)4-6-24(37)33-26/h3,5,11-14,19H,4,6-10,15-16H2,1-2H3,(H,30,31,32,34)/t19-/m1/s1. The Bertz CT molecular complexity index is 1450. The molecular formula is C27H30F2N8O. The van der Waals surface area contributed by atoms with E-state index >= 15 is 4.39 Å². The number of pyridine rings is 1. The van der Waals surface area contributed by atoms with Gasteiger partial charge in [-0.05, 0) is 37.2 Å². The van der Waals surface area contributed by atoms with Crippen LogP contribution in [0.2, 0.25) is 0 Å². The van der Waals surface area contributed by atoms with Crippen molar-refractivity contribution in [3.05, 3.63) is 59.7 Å². The van der Waals surface area contributed by atoms with Crippen LogP contribution in [0.1, 0.15) is 23.9 Å². The number of imidazole rings is 1. The molecule has 11 heteroatoms. The first-order chi connectivity index (χ1) is 18.5. The zero-order valence-electron chi connectivity index (χ0n) is 21.5. The zero-order valence-corrected chi connectivity index (χ0v) is 21.5. The number of anilines is 2. The van der Waals surface area contributed by atoms with Gasteiger partial charge in [-0.25, -0.2) is 28.7 Å². The van der Waals surface area contributed by atoms with Gasteiger partial charge in [0.05, 0.1) is 24.4 Å². The predicted octanol–water partition coefficient (Wildman–Crippen LogP) is 3.79. The van der Waals surface area contributed by atoms with Crippen LogP contribution in [0, 0.1) is 11.6 Å². The van der Waals surface area contributed by atoms with Gasteiger partial charge in [0.15, 0.2) is 11.6 Å². The molecule has 0 bridgehead atoms. The summed E-state index contributed by atoms with van der Waals surface area (Å²) in [6.07, 6.45) is 4.53. The normalized spacial score (nSPS) is 18.3. The van der Waals surface area contributed by atoms with Crippen molar-refractivity contribution in [2.24, 2.45) is 0 Å². The summed E-state index contributed by atoms with van der Waals surface area (Å²) in [5.74, 6) is 0.380. The molecule has 1 saturated heterocycles. The number of rotatable bonds is 7. The third-order valence-electron chi connectivity index (χ3n) is 7.33. The van der Waals surface area contributed by atoms with Crippen molar-refractivity contribution >= 4 is 22.8 Å². The summed E-state index contributed by atoms with van der Waals surface area (Å²) in [4.78, 5) is 22.1. The Labute approximate surface area is 219 Å². The summed E-state index contributed by atoms with van der Waals surface area (Å²) in [6, 6.07) is 6.94. The van der Waals surface area contributed by atoms with Gasteiger partial charge in [-0.1, -0.05) is 6.07 Å². The lowest BCUT2D eigenvalue weighted by Crippen LogP contribution is -2.43. The van der Waals surface area contributed by atoms with Gasteiger partial charge in [-0.2, -0.15) is 0 Å². The van der Waals surface area contributed by atoms with Crippen LogP contribution in [0.5, 0.6) is 0 Å². The SMILES string of the molecule is COC[C@H]1CCc2nc3c(F)cc(-c4nc(Nc5ccc(CN6CCN(C)CC6)cn5)ncc4F)cc3n21. The summed E-state index contributed by atoms with van der Waals surface area (Å²) in [7, 11) is 3.78. The number of hydrogen-bond acceptors (Lipinski definition) is 8. The average Bonchev–Trinajstić information content (AvgIpc) is 3.48. The van der Waals surface area contributed by atoms with Crippen LogP contribution in [0.3, 0.4) is 0 Å². The number of likely N-dealkylation sites (N-methyl/N-ethyl adjacent to an activating group) is 1. The molecule has 0 unspecified atom stereocenters. The molecule has 0 radical (unpaired) electrons. The number of fused-ring (bicyclic) bond motifs is 3. The van der Waals surface area contributed by atoms with Gasteiger partial charge >= 0.3 is 0 Å². The van der Waals surface area contributed by atoms with E-state index in [-0.39, 0.29) is 23.2 Å². The molecule has 0 aliphatic carbocycles. The summed E-state index contributed by atoms with van der Waals surface area (Å²) in [5, 5.41) is 3.04. The fourth-order valence-corrected chi connectivity index (χ4v) is 5.30. The largest absolute Gasteiger partial charge is 0.383 e. The van der Waals surface area contributed by atoms with E-state index in [9.17, 15) is 4.39 Å². The third kappa shape index (κ3) is 4.84. The number of hydrogen-bond donors (Lipinski definition) is 1. The summed E-state index contributed by atoms with van der Waals surface area (Å²) in [6.45, 7) is 5.53. The minimum absolute atomic E-state index is 0.00632. The van der Waals surface area contributed by atoms with E-state index < -0.39 is 11.6 Å². The predicted molar refractivity (Wildman–Crippen MR) is 140 cm³/mol. The maximum absolute atomic E-state index is 15.1. The van der Waals surface area contributed by atoms with E-state index in [1.54, 1.807) is 13.2 Å². The first kappa shape index (κ1) is 24.8. The highest BCUT2D eigenvalue weighted by atomic mass is 19.1. The Kier molecular flexibility index (Phi) is 6.73. The molecule has 5 heterocycles. The lowest BCUT2D eigenvalue weighted by atomic mass is 10.1. The van der Waals surface area contributed by atoms with Crippen LogP contribution >= 0.6 is 0 Å². The van der Waals surface area contributed by atoms with Crippen molar-refractivity contribution in [1.82, 2.24) is 34.3 Å². The van der Waals surface area contributed by atoms with E-state index in [1.165, 1.54) is 6.07 Å². The van der Waals surface area contributed by atoms with E-state index in [0.717, 1.165) is 63.2 Å². The fourth-order valence-electron chi connectivity index (χ4n) is 5.30. The molecule has 9 nitrogen and oxygen atoms in total. The van der Waals surface area contributed by atoms with Crippen LogP contribution in [0.15, 0.2) is 36.7 Å². The Morgan fingerprint density at radius 2 is 1.87 bits per heavy atom. The number of nitrogens with one attached hydrogen (secondary N) is 1. The Balaban J connectivity index is 1.24. The fraction of sp³-hybridized carbons (Fsp3) is 0.407. The lowest BCUT2D eigenvalue weighted by molar-refractivity contribution is 0.148. The second-order valence-corrected chi connectivity index (χ2v) is 10.0. The third-order valence-corrected chi connectivity index (χ3v) is 7.33. The highest BCUT2D eigenvalue weighted by Gasteiger charge is 2.27. The second-order valence-electron chi connectivity index (χ2n) is 10.0. The topological polar surface area (TPSA) is 84.2 Å². The maximum Gasteiger partial charge on any atom is 0.229 e. The molecule has 0 amide bonds. The number of ether oxygens (including phenoxy) is 1. The average molecular weight is 521 g/mol. The summed E-state index contributed by atoms with van der Waals surface area (Å²) in [5.41, 5.74) is 2.33. The molecule has 0 spiro atoms. The second kappa shape index (κ2) is 10.3. The minimum Gasteiger partial charge on any atom is -0.383 e. The van der Waals surface area contributed by atoms with E-state index in [4.69, 9.17) is 4.74 Å². The van der Waals surface area contributed by atoms with Gasteiger partial charge in [-0.3, -0.25) is 4.90 Å². The van der Waals surface area contributed by atoms with Gasteiger partial charge < -0.3 is 19.5 Å². The van der Waals surface area contributed by atoms with Gasteiger partial charge in [0, 0.05) is 58.0 Å². The minimum atomic E-state index is -0.639. The number of nitrogens with zero attached hydrogens (tertiary/aromatic N) is 7. The van der Waals surface area contributed by atoms with Crippen molar-refractivity contribution in [3.63, 3.8) is 0 Å². The van der Waals surface area contributed by atoms with Gasteiger partial charge in [0.1, 0.15) is 22.9 Å². The van der Waals surface area contributed by atoms with Gasteiger partial charge in [0.25, 0.3) is 0 Å². The molecule has 2 aliphatic heterocycles. The van der Waals surface area contributed by atoms with E-state index in [1.807, 2.05) is 22.9 Å². The Morgan fingerprint density at radius 1 is 1.03 bits per heavy atom. The number of aromatic nitrogens is 5. The highest BCUT2D eigenvalue weighted by molar-refractivity contribution is 5.83. The number of aryl methyl sites for hydroxylation is 1. The molecule has 0 saturated carbocycles. The van der Waals surface area contributed by atoms with E-state index in [2.05, 4.69) is 42.1 Å². The van der Waals surface area contributed by atoms with Crippen LogP contribution < -0.4 is 5.32 Å². The quantitative estimate of drug-likeness (QED) is 0.394. The number of methoxy groups -OCH3 is 1. The monoisotopic (exact) mass is 520 g/mol. The molecule has 1 atom stereocenters. The first-order valence-corrected chi connectivity index (χ1v) is 12.8. The molecule has 1 N–H and O–H groups in total. The van der Waals surface area contributed by atoms with Gasteiger partial charge in [-0.15, -0.1) is 0 Å². The molecular weight excluding hydrogens is 490 g/mol. The zero-order chi connectivity index (χ0) is 26.2. The molecule has 3 aromatic heterocycles. The summed E-state index contributed by atoms with van der Waals surface area (Å²) < 4.78 is 37.3. The lowest BCUT2D eigenvalue weighted by Gasteiger charge is -2.32. The van der Waals surface area contributed by atoms with Crippen molar-refractivity contribution in [2.75, 3.05) is 52.3 Å². The first-order valence-electron chi connectivity index (χ1n) is 12.8. The van der Waals surface area contributed by atoms with Crippen molar-refractivity contribution in [1.29, 1.82) is 0 Å². The van der Waals surface area contributed by atoms with Crippen LogP contribution in [-0.4, -0.2) is 81.2 Å². The van der Waals surface area contributed by atoms with Crippen molar-refractivity contribution < 1.29 is 13.5 Å². The maximum atomic E-state index is 15.1. The molecule has 4 aromatic rings. The van der Waals surface area contributed by atoms with Crippen LogP contribution in [0.4, 0.5) is 20.5 Å². The molecule has 1 aromatic carbocycles. The van der Waals surface area contributed by atoms with Crippen LogP contribution in [-0.2, 0) is 17.7 Å². The molecule has 38 heavy (non-hydrogen) atoms. The van der Waals surface area contributed by atoms with Crippen LogP contribution in [0.25, 0.3) is 22.3 Å². The molecule has 198 valence electrons. The summed E-state index contributed by atoms with van der Waals surface area (Å²) >= 11 is 0. The number of piperazine rings is 1. The smallest absolute Gasteiger partial charge is 0.229 e.